The Bertz CT molecular complexity index is 597. The Morgan fingerprint density at radius 3 is 1.78 bits per heavy atom. The van der Waals surface area contributed by atoms with E-state index in [0.717, 1.165) is 57.4 Å². The number of primary amides is 1. The second kappa shape index (κ2) is 15.1. The summed E-state index contributed by atoms with van der Waals surface area (Å²) in [7, 11) is 0. The van der Waals surface area contributed by atoms with E-state index in [9.17, 15) is 14.4 Å². The van der Waals surface area contributed by atoms with Crippen molar-refractivity contribution >= 4 is 17.8 Å². The molecule has 0 aliphatic rings. The molecular weight excluding hydrogens is 406 g/mol. The number of carbonyl (C=O) groups is 3. The van der Waals surface area contributed by atoms with E-state index in [1.807, 2.05) is 0 Å². The molecule has 0 saturated heterocycles. The minimum atomic E-state index is -0.539. The van der Waals surface area contributed by atoms with Gasteiger partial charge in [0, 0.05) is 12.0 Å². The van der Waals surface area contributed by atoms with Gasteiger partial charge in [0.25, 0.3) is 0 Å². The Hall–Kier alpha value is -1.85. The first-order valence-electron chi connectivity index (χ1n) is 12.2. The molecule has 0 aromatic carbocycles. The summed E-state index contributed by atoms with van der Waals surface area (Å²) in [5.41, 5.74) is 5.07. The van der Waals surface area contributed by atoms with Gasteiger partial charge in [-0.1, -0.05) is 86.6 Å². The van der Waals surface area contributed by atoms with E-state index in [2.05, 4.69) is 48.1 Å². The van der Waals surface area contributed by atoms with E-state index < -0.39 is 5.97 Å². The Kier molecular flexibility index (Phi) is 14.2. The van der Waals surface area contributed by atoms with Crippen LogP contribution >= 0.6 is 0 Å². The zero-order valence-electron chi connectivity index (χ0n) is 21.3. The Morgan fingerprint density at radius 2 is 1.31 bits per heavy atom. The maximum absolute atomic E-state index is 13.0. The predicted octanol–water partition coefficient (Wildman–Crippen LogP) is 5.58. The lowest BCUT2D eigenvalue weighted by Gasteiger charge is -2.42. The number of ether oxygens (including phenoxy) is 2. The van der Waals surface area contributed by atoms with E-state index in [1.54, 1.807) is 0 Å². The van der Waals surface area contributed by atoms with E-state index in [-0.39, 0.29) is 47.8 Å². The molecule has 0 aromatic heterocycles. The SMILES string of the molecule is C=CC(=O)OCCOC(=O)C(CCCCC)C(C)(C)CC(C)(C)C(CCCCC)C(N)=O. The molecule has 0 heterocycles. The third-order valence-corrected chi connectivity index (χ3v) is 6.36. The molecule has 2 unspecified atom stereocenters. The summed E-state index contributed by atoms with van der Waals surface area (Å²) in [5, 5.41) is 0. The average Bonchev–Trinajstić information content (AvgIpc) is 2.69. The van der Waals surface area contributed by atoms with Crippen molar-refractivity contribution in [1.29, 1.82) is 0 Å². The fourth-order valence-electron chi connectivity index (χ4n) is 4.81. The van der Waals surface area contributed by atoms with E-state index in [0.29, 0.717) is 6.42 Å². The van der Waals surface area contributed by atoms with Gasteiger partial charge in [-0.05, 0) is 30.1 Å². The topological polar surface area (TPSA) is 95.7 Å². The smallest absolute Gasteiger partial charge is 0.330 e. The monoisotopic (exact) mass is 453 g/mol. The number of amides is 1. The number of carbonyl (C=O) groups excluding carboxylic acids is 3. The third-order valence-electron chi connectivity index (χ3n) is 6.36. The molecule has 2 atom stereocenters. The van der Waals surface area contributed by atoms with Crippen LogP contribution in [0.4, 0.5) is 0 Å². The Balaban J connectivity index is 5.37. The summed E-state index contributed by atoms with van der Waals surface area (Å²) in [6.07, 6.45) is 9.42. The zero-order valence-corrected chi connectivity index (χ0v) is 21.3. The summed E-state index contributed by atoms with van der Waals surface area (Å²) in [6.45, 7) is 16.0. The minimum Gasteiger partial charge on any atom is -0.462 e. The summed E-state index contributed by atoms with van der Waals surface area (Å²) >= 11 is 0. The molecular formula is C26H47NO5. The number of esters is 2. The molecule has 6 heteroatoms. The number of hydrogen-bond donors (Lipinski definition) is 1. The maximum Gasteiger partial charge on any atom is 0.330 e. The maximum atomic E-state index is 13.0. The molecule has 0 fully saturated rings. The number of rotatable bonds is 18. The van der Waals surface area contributed by atoms with Crippen LogP contribution in [0.3, 0.4) is 0 Å². The highest BCUT2D eigenvalue weighted by Gasteiger charge is 2.43. The number of nitrogens with two attached hydrogens (primary N) is 1. The highest BCUT2D eigenvalue weighted by atomic mass is 16.6. The van der Waals surface area contributed by atoms with Crippen molar-refractivity contribution in [3.63, 3.8) is 0 Å². The van der Waals surface area contributed by atoms with Gasteiger partial charge in [0.1, 0.15) is 13.2 Å². The summed E-state index contributed by atoms with van der Waals surface area (Å²) in [4.78, 5) is 36.5. The van der Waals surface area contributed by atoms with Crippen LogP contribution < -0.4 is 5.73 Å². The van der Waals surface area contributed by atoms with Crippen molar-refractivity contribution in [2.75, 3.05) is 13.2 Å². The van der Waals surface area contributed by atoms with Gasteiger partial charge >= 0.3 is 11.9 Å². The number of hydrogen-bond acceptors (Lipinski definition) is 5. The van der Waals surface area contributed by atoms with Crippen molar-refractivity contribution < 1.29 is 23.9 Å². The molecule has 0 aliphatic carbocycles. The van der Waals surface area contributed by atoms with Crippen LogP contribution in [-0.2, 0) is 23.9 Å². The van der Waals surface area contributed by atoms with Crippen molar-refractivity contribution in [2.24, 2.45) is 28.4 Å². The standard InChI is InChI=1S/C26H47NO5/c1-8-11-13-15-20(23(27)29)25(4,5)19-26(6,7)21(16-14-12-9-2)24(30)32-18-17-31-22(28)10-3/h10,20-21H,3,8-9,11-19H2,1-2,4-7H3,(H2,27,29). The molecule has 0 rings (SSSR count). The van der Waals surface area contributed by atoms with Crippen LogP contribution in [0.5, 0.6) is 0 Å². The van der Waals surface area contributed by atoms with E-state index >= 15 is 0 Å². The Morgan fingerprint density at radius 1 is 0.844 bits per heavy atom. The van der Waals surface area contributed by atoms with Gasteiger partial charge in [-0.25, -0.2) is 4.79 Å². The first kappa shape index (κ1) is 30.1. The molecule has 2 N–H and O–H groups in total. The minimum absolute atomic E-state index is 0.00533. The van der Waals surface area contributed by atoms with E-state index in [1.165, 1.54) is 0 Å². The summed E-state index contributed by atoms with van der Waals surface area (Å²) in [6, 6.07) is 0. The number of unbranched alkanes of at least 4 members (excludes halogenated alkanes) is 4. The summed E-state index contributed by atoms with van der Waals surface area (Å²) in [5.74, 6) is -1.64. The lowest BCUT2D eigenvalue weighted by Crippen LogP contribution is -2.42. The second-order valence-corrected chi connectivity index (χ2v) is 10.2. The highest BCUT2D eigenvalue weighted by molar-refractivity contribution is 5.81. The fraction of sp³-hybridized carbons (Fsp3) is 0.808. The van der Waals surface area contributed by atoms with Gasteiger partial charge in [-0.15, -0.1) is 0 Å². The van der Waals surface area contributed by atoms with Crippen molar-refractivity contribution in [1.82, 2.24) is 0 Å². The van der Waals surface area contributed by atoms with Crippen LogP contribution in [-0.4, -0.2) is 31.1 Å². The lowest BCUT2D eigenvalue weighted by molar-refractivity contribution is -0.158. The lowest BCUT2D eigenvalue weighted by atomic mass is 9.62. The summed E-state index contributed by atoms with van der Waals surface area (Å²) < 4.78 is 10.4. The van der Waals surface area contributed by atoms with Crippen molar-refractivity contribution in [2.45, 2.75) is 99.3 Å². The van der Waals surface area contributed by atoms with Gasteiger partial charge in [-0.3, -0.25) is 9.59 Å². The molecule has 186 valence electrons. The first-order valence-corrected chi connectivity index (χ1v) is 12.2. The van der Waals surface area contributed by atoms with Crippen LogP contribution in [0.2, 0.25) is 0 Å². The van der Waals surface area contributed by atoms with Gasteiger partial charge < -0.3 is 15.2 Å². The second-order valence-electron chi connectivity index (χ2n) is 10.2. The molecule has 1 amide bonds. The van der Waals surface area contributed by atoms with E-state index in [4.69, 9.17) is 15.2 Å². The molecule has 6 nitrogen and oxygen atoms in total. The van der Waals surface area contributed by atoms with Crippen LogP contribution in [0.15, 0.2) is 12.7 Å². The van der Waals surface area contributed by atoms with Crippen molar-refractivity contribution in [3.05, 3.63) is 12.7 Å². The molecule has 0 aliphatic heterocycles. The zero-order chi connectivity index (χ0) is 24.8. The van der Waals surface area contributed by atoms with Gasteiger partial charge in [0.2, 0.25) is 5.91 Å². The van der Waals surface area contributed by atoms with Crippen LogP contribution in [0.25, 0.3) is 0 Å². The molecule has 0 spiro atoms. The Labute approximate surface area is 195 Å². The highest BCUT2D eigenvalue weighted by Crippen LogP contribution is 2.46. The average molecular weight is 454 g/mol. The fourth-order valence-corrected chi connectivity index (χ4v) is 4.81. The third kappa shape index (κ3) is 11.1. The molecule has 32 heavy (non-hydrogen) atoms. The van der Waals surface area contributed by atoms with Gasteiger partial charge in [0.05, 0.1) is 5.92 Å². The molecule has 0 aromatic rings. The molecule has 0 bridgehead atoms. The van der Waals surface area contributed by atoms with Crippen molar-refractivity contribution in [3.8, 4) is 0 Å². The largest absolute Gasteiger partial charge is 0.462 e. The van der Waals surface area contributed by atoms with Crippen LogP contribution in [0.1, 0.15) is 99.3 Å². The molecule has 0 saturated carbocycles. The predicted molar refractivity (Wildman–Crippen MR) is 129 cm³/mol. The van der Waals surface area contributed by atoms with Gasteiger partial charge in [0.15, 0.2) is 0 Å². The van der Waals surface area contributed by atoms with Crippen LogP contribution in [0, 0.1) is 22.7 Å². The normalized spacial score (nSPS) is 13.8. The quantitative estimate of drug-likeness (QED) is 0.166. The molecule has 0 radical (unpaired) electrons. The van der Waals surface area contributed by atoms with Gasteiger partial charge in [-0.2, -0.15) is 0 Å². The first-order chi connectivity index (χ1) is 14.9.